The van der Waals surface area contributed by atoms with Crippen LogP contribution >= 0.6 is 0 Å². The number of carbonyl (C=O) groups is 2. The van der Waals surface area contributed by atoms with Crippen LogP contribution in [-0.2, 0) is 6.42 Å². The quantitative estimate of drug-likeness (QED) is 0.492. The van der Waals surface area contributed by atoms with Crippen LogP contribution in [-0.4, -0.2) is 32.4 Å². The lowest BCUT2D eigenvalue weighted by molar-refractivity contribution is 0.0682. The molecule has 0 radical (unpaired) electrons. The van der Waals surface area contributed by atoms with Gasteiger partial charge in [0.2, 0.25) is 0 Å². The van der Waals surface area contributed by atoms with Crippen molar-refractivity contribution in [3.63, 3.8) is 0 Å². The fraction of sp³-hybridized carbons (Fsp3) is 0.0435. The molecule has 6 nitrogen and oxygen atoms in total. The third kappa shape index (κ3) is 3.32. The second-order valence-corrected chi connectivity index (χ2v) is 6.42. The minimum absolute atomic E-state index is 0.109. The monoisotopic (exact) mass is 390 g/mol. The molecule has 0 saturated heterocycles. The van der Waals surface area contributed by atoms with Gasteiger partial charge >= 0.3 is 11.9 Å². The normalized spacial score (nSPS) is 10.6. The van der Waals surface area contributed by atoms with Gasteiger partial charge in [0.25, 0.3) is 0 Å². The van der Waals surface area contributed by atoms with Crippen LogP contribution in [0.15, 0.2) is 49.6 Å². The molecule has 0 amide bonds. The van der Waals surface area contributed by atoms with Crippen LogP contribution < -0.4 is 0 Å². The van der Waals surface area contributed by atoms with E-state index in [9.17, 15) is 30.0 Å². The van der Waals surface area contributed by atoms with Gasteiger partial charge in [0.1, 0.15) is 22.6 Å². The number of fused-ring (bicyclic) bond motifs is 1. The average Bonchev–Trinajstić information content (AvgIpc) is 2.70. The summed E-state index contributed by atoms with van der Waals surface area (Å²) in [5, 5.41) is 41.4. The topological polar surface area (TPSA) is 115 Å². The predicted octanol–water partition coefficient (Wildman–Crippen LogP) is 4.52. The SMILES string of the molecule is C=Cc1cc(C(=O)O)c(O)c(Cc2c(O)c(C(=O)O)cc3ccccc23)c1C=C. The Morgan fingerprint density at radius 3 is 2.03 bits per heavy atom. The molecule has 146 valence electrons. The summed E-state index contributed by atoms with van der Waals surface area (Å²) in [4.78, 5) is 23.2. The van der Waals surface area contributed by atoms with Gasteiger partial charge in [-0.25, -0.2) is 9.59 Å². The van der Waals surface area contributed by atoms with Crippen molar-refractivity contribution in [2.45, 2.75) is 6.42 Å². The van der Waals surface area contributed by atoms with E-state index in [0.717, 1.165) is 0 Å². The fourth-order valence-electron chi connectivity index (χ4n) is 3.45. The van der Waals surface area contributed by atoms with E-state index in [1.165, 1.54) is 24.3 Å². The predicted molar refractivity (Wildman–Crippen MR) is 111 cm³/mol. The Kier molecular flexibility index (Phi) is 5.10. The van der Waals surface area contributed by atoms with Crippen molar-refractivity contribution in [3.05, 3.63) is 82.9 Å². The van der Waals surface area contributed by atoms with E-state index in [1.54, 1.807) is 24.3 Å². The van der Waals surface area contributed by atoms with Crippen LogP contribution in [0.25, 0.3) is 22.9 Å². The number of hydrogen-bond acceptors (Lipinski definition) is 4. The standard InChI is InChI=1S/C23H18O6/c1-3-12-9-18(22(26)27)20(24)16(14(12)4-2)11-17-15-8-6-5-7-13(15)10-19(21(17)25)23(28)29/h3-10,24-25H,1-2,11H2,(H,26,27)(H,28,29). The zero-order chi connectivity index (χ0) is 21.3. The van der Waals surface area contributed by atoms with Crippen molar-refractivity contribution in [1.82, 2.24) is 0 Å². The van der Waals surface area contributed by atoms with E-state index in [2.05, 4.69) is 13.2 Å². The van der Waals surface area contributed by atoms with Crippen molar-refractivity contribution in [2.75, 3.05) is 0 Å². The molecule has 0 heterocycles. The minimum atomic E-state index is -1.32. The Balaban J connectivity index is 2.37. The Labute approximate surface area is 166 Å². The van der Waals surface area contributed by atoms with Crippen LogP contribution in [0, 0.1) is 0 Å². The van der Waals surface area contributed by atoms with Gasteiger partial charge in [-0.15, -0.1) is 0 Å². The molecule has 0 bridgehead atoms. The zero-order valence-electron chi connectivity index (χ0n) is 15.3. The number of hydrogen-bond donors (Lipinski definition) is 4. The van der Waals surface area contributed by atoms with Crippen LogP contribution in [0.5, 0.6) is 11.5 Å². The van der Waals surface area contributed by atoms with E-state index < -0.39 is 23.4 Å². The second-order valence-electron chi connectivity index (χ2n) is 6.42. The van der Waals surface area contributed by atoms with Gasteiger partial charge < -0.3 is 20.4 Å². The summed E-state index contributed by atoms with van der Waals surface area (Å²) in [6.45, 7) is 7.40. The summed E-state index contributed by atoms with van der Waals surface area (Å²) in [6.07, 6.45) is 2.79. The summed E-state index contributed by atoms with van der Waals surface area (Å²) in [5.41, 5.74) is 0.764. The van der Waals surface area contributed by atoms with Crippen LogP contribution in [0.4, 0.5) is 0 Å². The minimum Gasteiger partial charge on any atom is -0.507 e. The first-order valence-corrected chi connectivity index (χ1v) is 8.64. The Hall–Kier alpha value is -4.06. The molecule has 0 aliphatic heterocycles. The molecule has 0 fully saturated rings. The summed E-state index contributed by atoms with van der Waals surface area (Å²) in [7, 11) is 0. The van der Waals surface area contributed by atoms with Crippen molar-refractivity contribution < 1.29 is 30.0 Å². The number of benzene rings is 3. The lowest BCUT2D eigenvalue weighted by Crippen LogP contribution is -2.06. The number of phenols is 2. The number of carboxylic acid groups (broad SMARTS) is 2. The fourth-order valence-corrected chi connectivity index (χ4v) is 3.45. The van der Waals surface area contributed by atoms with Gasteiger partial charge in [-0.1, -0.05) is 49.6 Å². The molecule has 6 heteroatoms. The third-order valence-corrected chi connectivity index (χ3v) is 4.84. The maximum atomic E-state index is 11.6. The summed E-state index contributed by atoms with van der Waals surface area (Å²) < 4.78 is 0. The van der Waals surface area contributed by atoms with Gasteiger partial charge in [0, 0.05) is 17.5 Å². The largest absolute Gasteiger partial charge is 0.507 e. The van der Waals surface area contributed by atoms with Crippen LogP contribution in [0.1, 0.15) is 43.0 Å². The number of rotatable bonds is 6. The molecule has 29 heavy (non-hydrogen) atoms. The number of aromatic hydroxyl groups is 2. The molecule has 0 atom stereocenters. The maximum absolute atomic E-state index is 11.6. The van der Waals surface area contributed by atoms with Crippen molar-refractivity contribution in [2.24, 2.45) is 0 Å². The molecule has 0 aliphatic carbocycles. The molecule has 3 rings (SSSR count). The molecular formula is C23H18O6. The summed E-state index contributed by atoms with van der Waals surface area (Å²) in [5.74, 6) is -3.53. The molecule has 3 aromatic carbocycles. The van der Waals surface area contributed by atoms with Gasteiger partial charge in [-0.2, -0.15) is 0 Å². The average molecular weight is 390 g/mol. The molecule has 4 N–H and O–H groups in total. The highest BCUT2D eigenvalue weighted by Gasteiger charge is 2.23. The Morgan fingerprint density at radius 1 is 0.862 bits per heavy atom. The number of carboxylic acids is 2. The first kappa shape index (κ1) is 19.7. The highest BCUT2D eigenvalue weighted by Crippen LogP contribution is 2.38. The molecule has 0 aromatic heterocycles. The maximum Gasteiger partial charge on any atom is 0.339 e. The Morgan fingerprint density at radius 2 is 1.45 bits per heavy atom. The smallest absolute Gasteiger partial charge is 0.339 e. The molecule has 0 aliphatic rings. The van der Waals surface area contributed by atoms with Crippen molar-refractivity contribution >= 4 is 34.9 Å². The highest BCUT2D eigenvalue weighted by molar-refractivity contribution is 6.00. The third-order valence-electron chi connectivity index (χ3n) is 4.84. The first-order chi connectivity index (χ1) is 13.8. The van der Waals surface area contributed by atoms with E-state index in [4.69, 9.17) is 0 Å². The van der Waals surface area contributed by atoms with Crippen LogP contribution in [0.2, 0.25) is 0 Å². The summed E-state index contributed by atoms with van der Waals surface area (Å²) in [6, 6.07) is 9.56. The lowest BCUT2D eigenvalue weighted by Gasteiger charge is -2.17. The van der Waals surface area contributed by atoms with E-state index >= 15 is 0 Å². The molecule has 0 spiro atoms. The van der Waals surface area contributed by atoms with Gasteiger partial charge in [0.05, 0.1) is 0 Å². The number of aromatic carboxylic acids is 2. The van der Waals surface area contributed by atoms with Crippen LogP contribution in [0.3, 0.4) is 0 Å². The summed E-state index contributed by atoms with van der Waals surface area (Å²) >= 11 is 0. The second kappa shape index (κ2) is 7.52. The van der Waals surface area contributed by atoms with Crippen molar-refractivity contribution in [1.29, 1.82) is 0 Å². The highest BCUT2D eigenvalue weighted by atomic mass is 16.4. The Bertz CT molecular complexity index is 1190. The molecular weight excluding hydrogens is 372 g/mol. The van der Waals surface area contributed by atoms with E-state index in [-0.39, 0.29) is 28.7 Å². The van der Waals surface area contributed by atoms with Gasteiger partial charge in [-0.05, 0) is 34.0 Å². The van der Waals surface area contributed by atoms with Gasteiger partial charge in [0.15, 0.2) is 0 Å². The van der Waals surface area contributed by atoms with E-state index in [0.29, 0.717) is 21.9 Å². The molecule has 0 saturated carbocycles. The lowest BCUT2D eigenvalue weighted by atomic mass is 9.88. The van der Waals surface area contributed by atoms with Crippen molar-refractivity contribution in [3.8, 4) is 11.5 Å². The molecule has 3 aromatic rings. The first-order valence-electron chi connectivity index (χ1n) is 8.64. The zero-order valence-corrected chi connectivity index (χ0v) is 15.3. The van der Waals surface area contributed by atoms with E-state index in [1.807, 2.05) is 0 Å². The molecule has 0 unspecified atom stereocenters. The van der Waals surface area contributed by atoms with Gasteiger partial charge in [-0.3, -0.25) is 0 Å².